The number of methoxy groups -OCH3 is 1. The lowest BCUT2D eigenvalue weighted by atomic mass is 9.88. The van der Waals surface area contributed by atoms with Crippen LogP contribution in [-0.4, -0.2) is 34.1 Å². The second kappa shape index (κ2) is 7.67. The van der Waals surface area contributed by atoms with E-state index in [0.29, 0.717) is 22.2 Å². The fraction of sp³-hybridized carbons (Fsp3) is 0.348. The van der Waals surface area contributed by atoms with Gasteiger partial charge in [-0.05, 0) is 37.1 Å². The molecule has 5 nitrogen and oxygen atoms in total. The minimum absolute atomic E-state index is 0.0156. The Morgan fingerprint density at radius 3 is 2.69 bits per heavy atom. The molecule has 2 atom stereocenters. The molecular formula is C23H24N2O3S. The second-order valence-corrected chi connectivity index (χ2v) is 8.53. The van der Waals surface area contributed by atoms with Crippen LogP contribution in [0.4, 0.5) is 0 Å². The third kappa shape index (κ3) is 3.15. The fourth-order valence-corrected chi connectivity index (χ4v) is 5.55. The highest BCUT2D eigenvalue weighted by Gasteiger charge is 2.47. The Labute approximate surface area is 174 Å². The van der Waals surface area contributed by atoms with Crippen LogP contribution in [0.1, 0.15) is 45.2 Å². The van der Waals surface area contributed by atoms with Crippen molar-refractivity contribution in [3.05, 3.63) is 53.2 Å². The molecule has 6 heteroatoms. The molecule has 2 aliphatic rings. The summed E-state index contributed by atoms with van der Waals surface area (Å²) in [5.41, 5.74) is 2.06. The van der Waals surface area contributed by atoms with Gasteiger partial charge in [0, 0.05) is 16.8 Å². The van der Waals surface area contributed by atoms with E-state index in [1.807, 2.05) is 43.3 Å². The molecule has 0 N–H and O–H groups in total. The van der Waals surface area contributed by atoms with E-state index in [1.54, 1.807) is 18.9 Å². The van der Waals surface area contributed by atoms with Gasteiger partial charge in [0.05, 0.1) is 18.4 Å². The average molecular weight is 409 g/mol. The van der Waals surface area contributed by atoms with Crippen LogP contribution in [0.25, 0.3) is 10.8 Å². The van der Waals surface area contributed by atoms with Crippen LogP contribution >= 0.6 is 11.8 Å². The maximum absolute atomic E-state index is 13.4. The van der Waals surface area contributed by atoms with E-state index < -0.39 is 6.04 Å². The number of aliphatic imine (C=N–C) groups is 1. The Morgan fingerprint density at radius 1 is 1.24 bits per heavy atom. The smallest absolute Gasteiger partial charge is 0.243 e. The first kappa shape index (κ1) is 19.7. The van der Waals surface area contributed by atoms with Crippen LogP contribution in [0, 0.1) is 0 Å². The summed E-state index contributed by atoms with van der Waals surface area (Å²) in [5, 5.41) is 2.52. The zero-order valence-corrected chi connectivity index (χ0v) is 17.9. The summed E-state index contributed by atoms with van der Waals surface area (Å²) in [7, 11) is 1.62. The molecule has 150 valence electrons. The van der Waals surface area contributed by atoms with Crippen molar-refractivity contribution in [1.29, 1.82) is 0 Å². The first-order chi connectivity index (χ1) is 14.0. The van der Waals surface area contributed by atoms with Crippen molar-refractivity contribution in [3.63, 3.8) is 0 Å². The molecule has 1 fully saturated rings. The number of amides is 1. The number of nitrogens with zero attached hydrogens (tertiary/aromatic N) is 2. The van der Waals surface area contributed by atoms with Gasteiger partial charge in [-0.1, -0.05) is 55.4 Å². The standard InChI is InChI=1S/C23H24N2O3S/c1-5-8-18-22(27)25-21(19(14(3)26)13(2)24-23(25)29-18)20-16-10-7-6-9-15(16)11-12-17(20)28-4/h6-7,9-12,18,21H,5,8H2,1-4H3/t18-,21+/m1/s1. The van der Waals surface area contributed by atoms with Gasteiger partial charge in [0.25, 0.3) is 0 Å². The summed E-state index contributed by atoms with van der Waals surface area (Å²) in [6, 6.07) is 11.4. The van der Waals surface area contributed by atoms with Gasteiger partial charge in [-0.2, -0.15) is 0 Å². The summed E-state index contributed by atoms with van der Waals surface area (Å²) in [5.74, 6) is 0.599. The maximum atomic E-state index is 13.4. The van der Waals surface area contributed by atoms with Crippen LogP contribution in [-0.2, 0) is 9.59 Å². The fourth-order valence-electron chi connectivity index (χ4n) is 4.23. The van der Waals surface area contributed by atoms with Crippen LogP contribution < -0.4 is 4.74 Å². The Kier molecular flexibility index (Phi) is 5.21. The number of carbonyl (C=O) groups excluding carboxylic acids is 2. The van der Waals surface area contributed by atoms with Gasteiger partial charge in [0.2, 0.25) is 5.91 Å². The molecule has 0 spiro atoms. The lowest BCUT2D eigenvalue weighted by Gasteiger charge is -2.34. The van der Waals surface area contributed by atoms with Gasteiger partial charge < -0.3 is 4.74 Å². The number of amidine groups is 1. The van der Waals surface area contributed by atoms with Crippen molar-refractivity contribution < 1.29 is 14.3 Å². The Bertz CT molecular complexity index is 1070. The predicted octanol–water partition coefficient (Wildman–Crippen LogP) is 4.87. The number of hydrogen-bond acceptors (Lipinski definition) is 5. The van der Waals surface area contributed by atoms with Crippen molar-refractivity contribution in [2.24, 2.45) is 4.99 Å². The number of rotatable bonds is 5. The Hall–Kier alpha value is -2.60. The highest BCUT2D eigenvalue weighted by molar-refractivity contribution is 8.15. The number of ether oxygens (including phenoxy) is 1. The van der Waals surface area contributed by atoms with Gasteiger partial charge in [-0.25, -0.2) is 4.99 Å². The van der Waals surface area contributed by atoms with E-state index >= 15 is 0 Å². The first-order valence-corrected chi connectivity index (χ1v) is 10.7. The number of benzene rings is 2. The first-order valence-electron chi connectivity index (χ1n) is 9.83. The third-order valence-corrected chi connectivity index (χ3v) is 6.73. The van der Waals surface area contributed by atoms with Crippen molar-refractivity contribution in [2.75, 3.05) is 7.11 Å². The van der Waals surface area contributed by atoms with E-state index in [-0.39, 0.29) is 16.9 Å². The van der Waals surface area contributed by atoms with Crippen molar-refractivity contribution >= 4 is 39.4 Å². The summed E-state index contributed by atoms with van der Waals surface area (Å²) in [4.78, 5) is 32.5. The summed E-state index contributed by atoms with van der Waals surface area (Å²) in [6.45, 7) is 5.47. The SMILES string of the molecule is CCC[C@H]1SC2=NC(C)=C(C(C)=O)[C@@H](c3c(OC)ccc4ccccc34)N2C1=O. The predicted molar refractivity (Wildman–Crippen MR) is 117 cm³/mol. The molecule has 2 aromatic rings. The van der Waals surface area contributed by atoms with Crippen LogP contribution in [0.5, 0.6) is 5.75 Å². The number of carbonyl (C=O) groups is 2. The minimum atomic E-state index is -0.539. The average Bonchev–Trinajstić information content (AvgIpc) is 3.01. The zero-order valence-electron chi connectivity index (χ0n) is 17.1. The summed E-state index contributed by atoms with van der Waals surface area (Å²) >= 11 is 1.50. The van der Waals surface area contributed by atoms with E-state index in [0.717, 1.165) is 29.2 Å². The quantitative estimate of drug-likeness (QED) is 0.708. The second-order valence-electron chi connectivity index (χ2n) is 7.36. The topological polar surface area (TPSA) is 59.0 Å². The summed E-state index contributed by atoms with van der Waals surface area (Å²) in [6.07, 6.45) is 1.70. The molecule has 2 heterocycles. The molecule has 4 rings (SSSR count). The van der Waals surface area contributed by atoms with Gasteiger partial charge in [0.15, 0.2) is 11.0 Å². The van der Waals surface area contributed by atoms with Crippen LogP contribution in [0.2, 0.25) is 0 Å². The summed E-state index contributed by atoms with van der Waals surface area (Å²) < 4.78 is 5.71. The van der Waals surface area contributed by atoms with E-state index in [2.05, 4.69) is 11.9 Å². The maximum Gasteiger partial charge on any atom is 0.243 e. The third-order valence-electron chi connectivity index (χ3n) is 5.51. The largest absolute Gasteiger partial charge is 0.496 e. The molecule has 0 saturated carbocycles. The molecule has 29 heavy (non-hydrogen) atoms. The number of Topliss-reactive ketones (excluding diaryl/α,β-unsaturated/α-hetero) is 1. The van der Waals surface area contributed by atoms with Crippen molar-refractivity contribution in [1.82, 2.24) is 4.90 Å². The lowest BCUT2D eigenvalue weighted by molar-refractivity contribution is -0.127. The molecule has 2 aromatic carbocycles. The van der Waals surface area contributed by atoms with Gasteiger partial charge in [0.1, 0.15) is 5.75 Å². The van der Waals surface area contributed by atoms with Gasteiger partial charge in [-0.15, -0.1) is 0 Å². The van der Waals surface area contributed by atoms with E-state index in [1.165, 1.54) is 11.8 Å². The minimum Gasteiger partial charge on any atom is -0.496 e. The highest BCUT2D eigenvalue weighted by atomic mass is 32.2. The molecule has 2 aliphatic heterocycles. The van der Waals surface area contributed by atoms with Gasteiger partial charge in [-0.3, -0.25) is 14.5 Å². The molecule has 1 amide bonds. The van der Waals surface area contributed by atoms with E-state index in [4.69, 9.17) is 4.74 Å². The number of hydrogen-bond donors (Lipinski definition) is 0. The molecular weight excluding hydrogens is 384 g/mol. The monoisotopic (exact) mass is 408 g/mol. The zero-order chi connectivity index (χ0) is 20.7. The number of thioether (sulfide) groups is 1. The molecule has 0 aliphatic carbocycles. The lowest BCUT2D eigenvalue weighted by Crippen LogP contribution is -2.40. The number of allylic oxidation sites excluding steroid dienone is 1. The molecule has 0 unspecified atom stereocenters. The molecule has 0 radical (unpaired) electrons. The molecule has 1 saturated heterocycles. The number of fused-ring (bicyclic) bond motifs is 2. The van der Waals surface area contributed by atoms with Gasteiger partial charge >= 0.3 is 0 Å². The highest BCUT2D eigenvalue weighted by Crippen LogP contribution is 2.48. The normalized spacial score (nSPS) is 21.4. The van der Waals surface area contributed by atoms with Crippen molar-refractivity contribution in [3.8, 4) is 5.75 Å². The van der Waals surface area contributed by atoms with E-state index in [9.17, 15) is 9.59 Å². The Morgan fingerprint density at radius 2 is 2.00 bits per heavy atom. The Balaban J connectivity index is 2.00. The van der Waals surface area contributed by atoms with Crippen LogP contribution in [0.15, 0.2) is 52.7 Å². The van der Waals surface area contributed by atoms with Crippen molar-refractivity contribution in [2.45, 2.75) is 44.9 Å². The molecule has 0 bridgehead atoms. The number of ketones is 1. The molecule has 0 aromatic heterocycles. The van der Waals surface area contributed by atoms with Crippen LogP contribution in [0.3, 0.4) is 0 Å².